The maximum atomic E-state index is 11.9. The van der Waals surface area contributed by atoms with E-state index in [1.807, 2.05) is 42.7 Å². The number of benzene rings is 1. The standard InChI is InChI=1S/C15H20ClN5O/c1-3-21-10-18-20-14(21)9-17-15(22)19-11(2)8-12-4-6-13(16)7-5-12/h4-7,10-11H,3,8-9H2,1-2H3,(H2,17,19,22)/t11-/m1/s1. The summed E-state index contributed by atoms with van der Waals surface area (Å²) in [6.07, 6.45) is 2.40. The second-order valence-corrected chi connectivity index (χ2v) is 5.53. The average Bonchev–Trinajstić information content (AvgIpc) is 2.95. The summed E-state index contributed by atoms with van der Waals surface area (Å²) in [5, 5.41) is 14.2. The van der Waals surface area contributed by atoms with Gasteiger partial charge in [-0.15, -0.1) is 10.2 Å². The number of urea groups is 1. The van der Waals surface area contributed by atoms with Crippen molar-refractivity contribution in [1.82, 2.24) is 25.4 Å². The molecule has 0 spiro atoms. The smallest absolute Gasteiger partial charge is 0.315 e. The number of carbonyl (C=O) groups is 1. The van der Waals surface area contributed by atoms with E-state index in [0.29, 0.717) is 11.6 Å². The quantitative estimate of drug-likeness (QED) is 0.858. The van der Waals surface area contributed by atoms with Crippen LogP contribution in [-0.2, 0) is 19.5 Å². The third kappa shape index (κ3) is 4.73. The molecular weight excluding hydrogens is 302 g/mol. The number of nitrogens with zero attached hydrogens (tertiary/aromatic N) is 3. The van der Waals surface area contributed by atoms with Gasteiger partial charge in [-0.3, -0.25) is 0 Å². The normalized spacial score (nSPS) is 12.0. The number of rotatable bonds is 6. The van der Waals surface area contributed by atoms with Gasteiger partial charge in [-0.05, 0) is 38.0 Å². The van der Waals surface area contributed by atoms with Gasteiger partial charge in [-0.1, -0.05) is 23.7 Å². The number of carbonyl (C=O) groups excluding carboxylic acids is 1. The Balaban J connectivity index is 1.77. The minimum absolute atomic E-state index is 0.0187. The highest BCUT2D eigenvalue weighted by molar-refractivity contribution is 6.30. The number of aromatic nitrogens is 3. The van der Waals surface area contributed by atoms with Crippen molar-refractivity contribution in [3.63, 3.8) is 0 Å². The number of hydrogen-bond donors (Lipinski definition) is 2. The molecule has 22 heavy (non-hydrogen) atoms. The van der Waals surface area contributed by atoms with Crippen molar-refractivity contribution in [2.24, 2.45) is 0 Å². The number of nitrogens with one attached hydrogen (secondary N) is 2. The van der Waals surface area contributed by atoms with Crippen LogP contribution in [0, 0.1) is 0 Å². The fraction of sp³-hybridized carbons (Fsp3) is 0.400. The first kappa shape index (κ1) is 16.3. The first-order valence-corrected chi connectivity index (χ1v) is 7.61. The van der Waals surface area contributed by atoms with Gasteiger partial charge >= 0.3 is 6.03 Å². The summed E-state index contributed by atoms with van der Waals surface area (Å²) in [7, 11) is 0. The van der Waals surface area contributed by atoms with E-state index in [1.165, 1.54) is 0 Å². The van der Waals surface area contributed by atoms with Crippen LogP contribution < -0.4 is 10.6 Å². The van der Waals surface area contributed by atoms with Gasteiger partial charge in [0, 0.05) is 17.6 Å². The molecule has 0 saturated heterocycles. The lowest BCUT2D eigenvalue weighted by atomic mass is 10.1. The molecule has 1 heterocycles. The van der Waals surface area contributed by atoms with Crippen molar-refractivity contribution in [3.05, 3.63) is 47.0 Å². The minimum atomic E-state index is -0.216. The van der Waals surface area contributed by atoms with Crippen molar-refractivity contribution < 1.29 is 4.79 Å². The number of aryl methyl sites for hydroxylation is 1. The first-order valence-electron chi connectivity index (χ1n) is 7.24. The van der Waals surface area contributed by atoms with Crippen LogP contribution in [0.2, 0.25) is 5.02 Å². The van der Waals surface area contributed by atoms with Crippen LogP contribution in [0.3, 0.4) is 0 Å². The van der Waals surface area contributed by atoms with Crippen LogP contribution in [0.15, 0.2) is 30.6 Å². The average molecular weight is 322 g/mol. The first-order chi connectivity index (χ1) is 10.6. The maximum absolute atomic E-state index is 11.9. The zero-order valence-corrected chi connectivity index (χ0v) is 13.5. The van der Waals surface area contributed by atoms with Crippen LogP contribution in [-0.4, -0.2) is 26.8 Å². The molecule has 0 radical (unpaired) electrons. The monoisotopic (exact) mass is 321 g/mol. The lowest BCUT2D eigenvalue weighted by Gasteiger charge is -2.15. The molecule has 2 rings (SSSR count). The van der Waals surface area contributed by atoms with Crippen molar-refractivity contribution >= 4 is 17.6 Å². The second kappa shape index (κ2) is 7.79. The molecule has 1 atom stereocenters. The van der Waals surface area contributed by atoms with Gasteiger partial charge in [0.1, 0.15) is 6.33 Å². The van der Waals surface area contributed by atoms with Crippen molar-refractivity contribution in [2.75, 3.05) is 0 Å². The summed E-state index contributed by atoms with van der Waals surface area (Å²) in [6, 6.07) is 7.42. The van der Waals surface area contributed by atoms with Gasteiger partial charge < -0.3 is 15.2 Å². The summed E-state index contributed by atoms with van der Waals surface area (Å²) in [5.41, 5.74) is 1.13. The Morgan fingerprint density at radius 1 is 1.36 bits per heavy atom. The number of amides is 2. The second-order valence-electron chi connectivity index (χ2n) is 5.09. The third-order valence-electron chi connectivity index (χ3n) is 3.28. The fourth-order valence-corrected chi connectivity index (χ4v) is 2.27. The van der Waals surface area contributed by atoms with Crippen LogP contribution in [0.1, 0.15) is 25.2 Å². The van der Waals surface area contributed by atoms with Crippen molar-refractivity contribution in [3.8, 4) is 0 Å². The summed E-state index contributed by atoms with van der Waals surface area (Å²) in [6.45, 7) is 5.09. The predicted octanol–water partition coefficient (Wildman–Crippen LogP) is 2.38. The molecule has 6 nitrogen and oxygen atoms in total. The van der Waals surface area contributed by atoms with Gasteiger partial charge in [-0.25, -0.2) is 4.79 Å². The summed E-state index contributed by atoms with van der Waals surface area (Å²) < 4.78 is 1.89. The largest absolute Gasteiger partial charge is 0.335 e. The van der Waals surface area contributed by atoms with Crippen LogP contribution in [0.4, 0.5) is 4.79 Å². The molecule has 7 heteroatoms. The lowest BCUT2D eigenvalue weighted by Crippen LogP contribution is -2.41. The van der Waals surface area contributed by atoms with E-state index in [9.17, 15) is 4.79 Å². The number of hydrogen-bond acceptors (Lipinski definition) is 3. The maximum Gasteiger partial charge on any atom is 0.315 e. The Morgan fingerprint density at radius 3 is 2.77 bits per heavy atom. The Morgan fingerprint density at radius 2 is 2.09 bits per heavy atom. The van der Waals surface area contributed by atoms with Gasteiger partial charge in [0.05, 0.1) is 6.54 Å². The Labute approximate surface area is 134 Å². The molecule has 2 N–H and O–H groups in total. The number of halogens is 1. The highest BCUT2D eigenvalue weighted by atomic mass is 35.5. The highest BCUT2D eigenvalue weighted by Gasteiger charge is 2.09. The summed E-state index contributed by atoms with van der Waals surface area (Å²) >= 11 is 5.85. The molecule has 0 aliphatic heterocycles. The van der Waals surface area contributed by atoms with E-state index in [4.69, 9.17) is 11.6 Å². The van der Waals surface area contributed by atoms with Crippen LogP contribution in [0.25, 0.3) is 0 Å². The molecule has 2 aromatic rings. The zero-order valence-electron chi connectivity index (χ0n) is 12.7. The van der Waals surface area contributed by atoms with Crippen molar-refractivity contribution in [2.45, 2.75) is 39.4 Å². The Bertz CT molecular complexity index is 611. The molecule has 0 aliphatic carbocycles. The van der Waals surface area contributed by atoms with E-state index in [1.54, 1.807) is 6.33 Å². The molecule has 2 amide bonds. The van der Waals surface area contributed by atoms with E-state index < -0.39 is 0 Å². The fourth-order valence-electron chi connectivity index (χ4n) is 2.14. The van der Waals surface area contributed by atoms with Gasteiger partial charge in [0.2, 0.25) is 0 Å². The Hall–Kier alpha value is -2.08. The van der Waals surface area contributed by atoms with Gasteiger partial charge in [0.25, 0.3) is 0 Å². The lowest BCUT2D eigenvalue weighted by molar-refractivity contribution is 0.237. The minimum Gasteiger partial charge on any atom is -0.335 e. The van der Waals surface area contributed by atoms with E-state index in [2.05, 4.69) is 20.8 Å². The molecule has 0 saturated carbocycles. The van der Waals surface area contributed by atoms with Crippen LogP contribution >= 0.6 is 11.6 Å². The SMILES string of the molecule is CCn1cnnc1CNC(=O)N[C@H](C)Cc1ccc(Cl)cc1. The topological polar surface area (TPSA) is 71.8 Å². The van der Waals surface area contributed by atoms with Gasteiger partial charge in [-0.2, -0.15) is 0 Å². The van der Waals surface area contributed by atoms with Gasteiger partial charge in [0.15, 0.2) is 5.82 Å². The summed E-state index contributed by atoms with van der Waals surface area (Å²) in [4.78, 5) is 11.9. The summed E-state index contributed by atoms with van der Waals surface area (Å²) in [5.74, 6) is 0.739. The van der Waals surface area contributed by atoms with E-state index in [0.717, 1.165) is 24.4 Å². The molecule has 0 unspecified atom stereocenters. The van der Waals surface area contributed by atoms with E-state index >= 15 is 0 Å². The zero-order chi connectivity index (χ0) is 15.9. The molecule has 0 bridgehead atoms. The highest BCUT2D eigenvalue weighted by Crippen LogP contribution is 2.10. The molecule has 118 valence electrons. The van der Waals surface area contributed by atoms with Crippen molar-refractivity contribution in [1.29, 1.82) is 0 Å². The molecule has 0 aliphatic rings. The molecular formula is C15H20ClN5O. The third-order valence-corrected chi connectivity index (χ3v) is 3.53. The predicted molar refractivity (Wildman–Crippen MR) is 85.7 cm³/mol. The molecule has 0 fully saturated rings. The molecule has 1 aromatic heterocycles. The Kier molecular flexibility index (Phi) is 5.77. The van der Waals surface area contributed by atoms with Crippen LogP contribution in [0.5, 0.6) is 0 Å². The molecule has 1 aromatic carbocycles. The van der Waals surface area contributed by atoms with E-state index in [-0.39, 0.29) is 12.1 Å².